The molecule has 0 atom stereocenters. The summed E-state index contributed by atoms with van der Waals surface area (Å²) in [6, 6.07) is 16.1. The fraction of sp³-hybridized carbons (Fsp3) is 0.235. The van der Waals surface area contributed by atoms with E-state index in [1.165, 1.54) is 7.11 Å². The van der Waals surface area contributed by atoms with Crippen molar-refractivity contribution >= 4 is 17.6 Å². The van der Waals surface area contributed by atoms with E-state index < -0.39 is 0 Å². The number of likely N-dealkylation sites (N-methyl/N-ethyl adjacent to an activating group) is 1. The first-order valence-corrected chi connectivity index (χ1v) is 7.06. The molecule has 21 heavy (non-hydrogen) atoms. The highest BCUT2D eigenvalue weighted by Crippen LogP contribution is 2.22. The highest BCUT2D eigenvalue weighted by Gasteiger charge is 2.07. The van der Waals surface area contributed by atoms with Crippen molar-refractivity contribution in [2.45, 2.75) is 6.54 Å². The zero-order valence-electron chi connectivity index (χ0n) is 12.2. The summed E-state index contributed by atoms with van der Waals surface area (Å²) in [5.41, 5.74) is 3.43. The second-order valence-electron chi connectivity index (χ2n) is 4.95. The maximum Gasteiger partial charge on any atom is 0.319 e. The van der Waals surface area contributed by atoms with Crippen LogP contribution >= 0.6 is 11.6 Å². The van der Waals surface area contributed by atoms with Gasteiger partial charge in [-0.25, -0.2) is 0 Å². The number of ether oxygens (including phenoxy) is 1. The second-order valence-corrected chi connectivity index (χ2v) is 5.39. The van der Waals surface area contributed by atoms with Gasteiger partial charge in [0.25, 0.3) is 0 Å². The molecule has 0 bridgehead atoms. The average Bonchev–Trinajstić information content (AvgIpc) is 2.48. The smallest absolute Gasteiger partial charge is 0.319 e. The van der Waals surface area contributed by atoms with Crippen LogP contribution in [0.25, 0.3) is 11.1 Å². The topological polar surface area (TPSA) is 29.5 Å². The molecule has 0 aliphatic heterocycles. The molecule has 0 fully saturated rings. The van der Waals surface area contributed by atoms with Gasteiger partial charge in [0.2, 0.25) is 0 Å². The number of halogens is 1. The van der Waals surface area contributed by atoms with Crippen LogP contribution in [-0.4, -0.2) is 31.6 Å². The number of esters is 1. The van der Waals surface area contributed by atoms with Gasteiger partial charge in [-0.15, -0.1) is 0 Å². The Hall–Kier alpha value is -1.84. The summed E-state index contributed by atoms with van der Waals surface area (Å²) in [5, 5.41) is 0.736. The lowest BCUT2D eigenvalue weighted by Gasteiger charge is -2.15. The Kier molecular flexibility index (Phi) is 5.37. The molecule has 0 saturated heterocycles. The van der Waals surface area contributed by atoms with Crippen LogP contribution in [-0.2, 0) is 16.1 Å². The molecule has 4 heteroatoms. The summed E-state index contributed by atoms with van der Waals surface area (Å²) >= 11 is 5.89. The van der Waals surface area contributed by atoms with Crippen molar-refractivity contribution in [2.75, 3.05) is 20.7 Å². The number of methoxy groups -OCH3 is 1. The predicted molar refractivity (Wildman–Crippen MR) is 85.2 cm³/mol. The van der Waals surface area contributed by atoms with Crippen molar-refractivity contribution in [3.8, 4) is 11.1 Å². The Bertz CT molecular complexity index is 593. The van der Waals surface area contributed by atoms with Crippen LogP contribution in [0.4, 0.5) is 0 Å². The van der Waals surface area contributed by atoms with E-state index in [1.807, 2.05) is 36.2 Å². The van der Waals surface area contributed by atoms with E-state index in [2.05, 4.69) is 29.0 Å². The fourth-order valence-electron chi connectivity index (χ4n) is 2.10. The van der Waals surface area contributed by atoms with E-state index in [-0.39, 0.29) is 12.5 Å². The molecule has 0 spiro atoms. The average molecular weight is 304 g/mol. The minimum absolute atomic E-state index is 0.227. The van der Waals surface area contributed by atoms with Crippen LogP contribution < -0.4 is 0 Å². The van der Waals surface area contributed by atoms with Crippen LogP contribution in [0.3, 0.4) is 0 Å². The molecule has 0 N–H and O–H groups in total. The third-order valence-corrected chi connectivity index (χ3v) is 3.46. The first-order chi connectivity index (χ1) is 10.1. The Labute approximate surface area is 130 Å². The Morgan fingerprint density at radius 1 is 1.05 bits per heavy atom. The Morgan fingerprint density at radius 2 is 1.57 bits per heavy atom. The predicted octanol–water partition coefficient (Wildman–Crippen LogP) is 3.61. The van der Waals surface area contributed by atoms with Gasteiger partial charge in [-0.05, 0) is 35.9 Å². The molecule has 0 aliphatic rings. The molecule has 2 aromatic rings. The van der Waals surface area contributed by atoms with Crippen molar-refractivity contribution in [3.05, 3.63) is 59.1 Å². The van der Waals surface area contributed by atoms with Gasteiger partial charge < -0.3 is 4.74 Å². The quantitative estimate of drug-likeness (QED) is 0.790. The van der Waals surface area contributed by atoms with Crippen LogP contribution in [0.15, 0.2) is 48.5 Å². The van der Waals surface area contributed by atoms with E-state index in [1.54, 1.807) is 0 Å². The lowest BCUT2D eigenvalue weighted by molar-refractivity contribution is -0.141. The SMILES string of the molecule is COC(=O)CN(C)Cc1ccc(-c2ccc(Cl)cc2)cc1. The van der Waals surface area contributed by atoms with Gasteiger partial charge >= 0.3 is 5.97 Å². The van der Waals surface area contributed by atoms with E-state index in [0.717, 1.165) is 21.7 Å². The van der Waals surface area contributed by atoms with Crippen molar-refractivity contribution < 1.29 is 9.53 Å². The Morgan fingerprint density at radius 3 is 2.10 bits per heavy atom. The maximum absolute atomic E-state index is 11.2. The molecule has 110 valence electrons. The van der Waals surface area contributed by atoms with Gasteiger partial charge in [-0.1, -0.05) is 48.0 Å². The fourth-order valence-corrected chi connectivity index (χ4v) is 2.22. The van der Waals surface area contributed by atoms with E-state index >= 15 is 0 Å². The van der Waals surface area contributed by atoms with Crippen molar-refractivity contribution in [2.24, 2.45) is 0 Å². The summed E-state index contributed by atoms with van der Waals surface area (Å²) in [4.78, 5) is 13.1. The molecule has 0 saturated carbocycles. The first kappa shape index (κ1) is 15.5. The van der Waals surface area contributed by atoms with Gasteiger partial charge in [0, 0.05) is 11.6 Å². The standard InChI is InChI=1S/C17H18ClNO2/c1-19(12-17(20)21-2)11-13-3-5-14(6-4-13)15-7-9-16(18)10-8-15/h3-10H,11-12H2,1-2H3. The normalized spacial score (nSPS) is 10.7. The summed E-state index contributed by atoms with van der Waals surface area (Å²) in [6.45, 7) is 0.992. The maximum atomic E-state index is 11.2. The minimum atomic E-state index is -0.227. The molecule has 0 unspecified atom stereocenters. The van der Waals surface area contributed by atoms with E-state index in [4.69, 9.17) is 11.6 Å². The summed E-state index contributed by atoms with van der Waals surface area (Å²) < 4.78 is 4.65. The molecular weight excluding hydrogens is 286 g/mol. The monoisotopic (exact) mass is 303 g/mol. The molecule has 0 amide bonds. The number of rotatable bonds is 5. The largest absolute Gasteiger partial charge is 0.468 e. The highest BCUT2D eigenvalue weighted by atomic mass is 35.5. The number of benzene rings is 2. The lowest BCUT2D eigenvalue weighted by atomic mass is 10.0. The van der Waals surface area contributed by atoms with Crippen LogP contribution in [0.2, 0.25) is 5.02 Å². The second kappa shape index (κ2) is 7.25. The van der Waals surface area contributed by atoms with E-state index in [0.29, 0.717) is 6.54 Å². The van der Waals surface area contributed by atoms with Crippen molar-refractivity contribution in [1.29, 1.82) is 0 Å². The van der Waals surface area contributed by atoms with Crippen molar-refractivity contribution in [1.82, 2.24) is 4.90 Å². The molecule has 0 aromatic heterocycles. The Balaban J connectivity index is 2.02. The third-order valence-electron chi connectivity index (χ3n) is 3.21. The van der Waals surface area contributed by atoms with Gasteiger partial charge in [0.1, 0.15) is 0 Å². The number of carbonyl (C=O) groups is 1. The van der Waals surface area contributed by atoms with E-state index in [9.17, 15) is 4.79 Å². The molecule has 0 radical (unpaired) electrons. The number of nitrogens with zero attached hydrogens (tertiary/aromatic N) is 1. The summed E-state index contributed by atoms with van der Waals surface area (Å²) in [6.07, 6.45) is 0. The van der Waals surface area contributed by atoms with Gasteiger partial charge in [0.15, 0.2) is 0 Å². The summed E-state index contributed by atoms with van der Waals surface area (Å²) in [7, 11) is 3.29. The van der Waals surface area contributed by atoms with Gasteiger partial charge in [-0.2, -0.15) is 0 Å². The number of carbonyl (C=O) groups excluding carboxylic acids is 1. The first-order valence-electron chi connectivity index (χ1n) is 6.68. The molecule has 2 rings (SSSR count). The molecule has 3 nitrogen and oxygen atoms in total. The van der Waals surface area contributed by atoms with Crippen molar-refractivity contribution in [3.63, 3.8) is 0 Å². The molecule has 0 aliphatic carbocycles. The third kappa shape index (κ3) is 4.59. The van der Waals surface area contributed by atoms with Crippen LogP contribution in [0.5, 0.6) is 0 Å². The number of hydrogen-bond acceptors (Lipinski definition) is 3. The van der Waals surface area contributed by atoms with Crippen LogP contribution in [0, 0.1) is 0 Å². The van der Waals surface area contributed by atoms with Crippen LogP contribution in [0.1, 0.15) is 5.56 Å². The number of hydrogen-bond donors (Lipinski definition) is 0. The molecule has 2 aromatic carbocycles. The van der Waals surface area contributed by atoms with Gasteiger partial charge in [0.05, 0.1) is 13.7 Å². The zero-order chi connectivity index (χ0) is 15.2. The summed E-state index contributed by atoms with van der Waals surface area (Å²) in [5.74, 6) is -0.227. The highest BCUT2D eigenvalue weighted by molar-refractivity contribution is 6.30. The zero-order valence-corrected chi connectivity index (χ0v) is 12.9. The molecule has 0 heterocycles. The lowest BCUT2D eigenvalue weighted by Crippen LogP contribution is -2.26. The minimum Gasteiger partial charge on any atom is -0.468 e. The molecular formula is C17H18ClNO2. The van der Waals surface area contributed by atoms with Gasteiger partial charge in [-0.3, -0.25) is 9.69 Å².